The van der Waals surface area contributed by atoms with Crippen LogP contribution >= 0.6 is 0 Å². The van der Waals surface area contributed by atoms with Gasteiger partial charge in [-0.15, -0.1) is 0 Å². The maximum Gasteiger partial charge on any atom is 0.253 e. The Balaban J connectivity index is 1.57. The van der Waals surface area contributed by atoms with Crippen LogP contribution in [-0.4, -0.2) is 36.7 Å². The van der Waals surface area contributed by atoms with Crippen LogP contribution in [0.2, 0.25) is 0 Å². The van der Waals surface area contributed by atoms with Gasteiger partial charge in [-0.1, -0.05) is 6.92 Å². The number of nitrogens with one attached hydrogen (secondary N) is 1. The summed E-state index contributed by atoms with van der Waals surface area (Å²) < 4.78 is 5.38. The molecular formula is C16H23N3O2. The van der Waals surface area contributed by atoms with Crippen molar-refractivity contribution in [2.45, 2.75) is 38.7 Å². The fraction of sp³-hybridized carbons (Fsp3) is 0.625. The highest BCUT2D eigenvalue weighted by atomic mass is 16.5. The van der Waals surface area contributed by atoms with Crippen LogP contribution < -0.4 is 10.2 Å². The molecule has 3 heterocycles. The van der Waals surface area contributed by atoms with E-state index in [2.05, 4.69) is 22.1 Å². The molecule has 114 valence electrons. The van der Waals surface area contributed by atoms with E-state index >= 15 is 0 Å². The van der Waals surface area contributed by atoms with Gasteiger partial charge in [0.15, 0.2) is 0 Å². The Kier molecular flexibility index (Phi) is 4.39. The Labute approximate surface area is 125 Å². The molecule has 2 fully saturated rings. The Bertz CT molecular complexity index is 475. The molecule has 1 aromatic heterocycles. The highest BCUT2D eigenvalue weighted by molar-refractivity contribution is 5.94. The lowest BCUT2D eigenvalue weighted by molar-refractivity contribution is -0.124. The molecule has 5 heteroatoms. The van der Waals surface area contributed by atoms with Crippen LogP contribution in [0.5, 0.6) is 0 Å². The first kappa shape index (κ1) is 14.3. The van der Waals surface area contributed by atoms with Gasteiger partial charge >= 0.3 is 0 Å². The smallest absolute Gasteiger partial charge is 0.253 e. The monoisotopic (exact) mass is 289 g/mol. The fourth-order valence-electron chi connectivity index (χ4n) is 2.89. The molecule has 0 aliphatic carbocycles. The average Bonchev–Trinajstić information content (AvgIpc) is 3.03. The van der Waals surface area contributed by atoms with E-state index in [-0.39, 0.29) is 12.0 Å². The molecule has 2 aliphatic heterocycles. The third-order valence-electron chi connectivity index (χ3n) is 4.35. The molecule has 2 aliphatic rings. The van der Waals surface area contributed by atoms with Crippen LogP contribution in [-0.2, 0) is 9.53 Å². The van der Waals surface area contributed by atoms with Gasteiger partial charge in [-0.05, 0) is 43.7 Å². The highest BCUT2D eigenvalue weighted by Gasteiger charge is 2.23. The molecule has 5 nitrogen and oxygen atoms in total. The van der Waals surface area contributed by atoms with Crippen LogP contribution in [0.25, 0.3) is 0 Å². The number of ether oxygens (including phenoxy) is 1. The molecule has 2 saturated heterocycles. The lowest BCUT2D eigenvalue weighted by Crippen LogP contribution is -2.33. The average molecular weight is 289 g/mol. The molecule has 1 aromatic rings. The second-order valence-corrected chi connectivity index (χ2v) is 6.07. The van der Waals surface area contributed by atoms with Crippen LogP contribution in [0.3, 0.4) is 0 Å². The van der Waals surface area contributed by atoms with E-state index in [1.54, 1.807) is 6.20 Å². The first-order chi connectivity index (χ1) is 10.2. The summed E-state index contributed by atoms with van der Waals surface area (Å²) in [6.07, 6.45) is 5.65. The van der Waals surface area contributed by atoms with Crippen molar-refractivity contribution in [2.24, 2.45) is 5.92 Å². The van der Waals surface area contributed by atoms with Crippen molar-refractivity contribution in [3.63, 3.8) is 0 Å². The van der Waals surface area contributed by atoms with E-state index in [9.17, 15) is 4.79 Å². The lowest BCUT2D eigenvalue weighted by Gasteiger charge is -2.31. The number of hydrogen-bond acceptors (Lipinski definition) is 4. The topological polar surface area (TPSA) is 54.5 Å². The lowest BCUT2D eigenvalue weighted by atomic mass is 9.99. The quantitative estimate of drug-likeness (QED) is 0.928. The third-order valence-corrected chi connectivity index (χ3v) is 4.35. The third kappa shape index (κ3) is 3.53. The zero-order chi connectivity index (χ0) is 14.7. The molecule has 3 rings (SSSR count). The minimum atomic E-state index is -0.298. The summed E-state index contributed by atoms with van der Waals surface area (Å²) in [5.74, 6) is 1.75. The standard InChI is InChI=1S/C16H23N3O2/c1-12-6-8-19(9-7-12)15-5-4-13(11-17-15)18-16(20)14-3-2-10-21-14/h4-5,11-12,14H,2-3,6-10H2,1H3,(H,18,20)/t14-/m0/s1. The van der Waals surface area contributed by atoms with Crippen LogP contribution in [0.4, 0.5) is 11.5 Å². The molecule has 0 spiro atoms. The molecule has 0 saturated carbocycles. The molecule has 0 unspecified atom stereocenters. The summed E-state index contributed by atoms with van der Waals surface area (Å²) >= 11 is 0. The highest BCUT2D eigenvalue weighted by Crippen LogP contribution is 2.22. The number of amides is 1. The first-order valence-corrected chi connectivity index (χ1v) is 7.86. The number of hydrogen-bond donors (Lipinski definition) is 1. The van der Waals surface area contributed by atoms with Gasteiger partial charge in [0.05, 0.1) is 11.9 Å². The van der Waals surface area contributed by atoms with Crippen molar-refractivity contribution >= 4 is 17.4 Å². The number of rotatable bonds is 3. The summed E-state index contributed by atoms with van der Waals surface area (Å²) in [6.45, 7) is 5.11. The Morgan fingerprint density at radius 2 is 2.14 bits per heavy atom. The minimum absolute atomic E-state index is 0.0613. The number of pyridine rings is 1. The zero-order valence-electron chi connectivity index (χ0n) is 12.5. The Morgan fingerprint density at radius 3 is 2.76 bits per heavy atom. The summed E-state index contributed by atoms with van der Waals surface area (Å²) in [6, 6.07) is 3.91. The van der Waals surface area contributed by atoms with Gasteiger partial charge in [0.1, 0.15) is 11.9 Å². The summed E-state index contributed by atoms with van der Waals surface area (Å²) in [5, 5.41) is 2.88. The van der Waals surface area contributed by atoms with Gasteiger partial charge in [0.25, 0.3) is 5.91 Å². The number of aromatic nitrogens is 1. The molecule has 1 amide bonds. The van der Waals surface area contributed by atoms with Crippen molar-refractivity contribution in [3.8, 4) is 0 Å². The molecule has 0 aromatic carbocycles. The van der Waals surface area contributed by atoms with E-state index < -0.39 is 0 Å². The van der Waals surface area contributed by atoms with Crippen LogP contribution in [0.15, 0.2) is 18.3 Å². The predicted octanol–water partition coefficient (Wildman–Crippen LogP) is 2.44. The van der Waals surface area contributed by atoms with Crippen molar-refractivity contribution in [1.82, 2.24) is 4.98 Å². The zero-order valence-corrected chi connectivity index (χ0v) is 12.5. The van der Waals surface area contributed by atoms with Crippen molar-refractivity contribution < 1.29 is 9.53 Å². The largest absolute Gasteiger partial charge is 0.368 e. The first-order valence-electron chi connectivity index (χ1n) is 7.86. The van der Waals surface area contributed by atoms with Gasteiger partial charge < -0.3 is 15.0 Å². The minimum Gasteiger partial charge on any atom is -0.368 e. The number of nitrogens with zero attached hydrogens (tertiary/aromatic N) is 2. The Hall–Kier alpha value is -1.62. The van der Waals surface area contributed by atoms with Crippen molar-refractivity contribution in [3.05, 3.63) is 18.3 Å². The van der Waals surface area contributed by atoms with Gasteiger partial charge in [-0.2, -0.15) is 0 Å². The Morgan fingerprint density at radius 1 is 1.33 bits per heavy atom. The van der Waals surface area contributed by atoms with E-state index in [1.807, 2.05) is 12.1 Å². The number of anilines is 2. The second-order valence-electron chi connectivity index (χ2n) is 6.07. The number of carbonyl (C=O) groups excluding carboxylic acids is 1. The SMILES string of the molecule is CC1CCN(c2ccc(NC(=O)[C@@H]3CCCO3)cn2)CC1. The maximum atomic E-state index is 12.0. The molecular weight excluding hydrogens is 266 g/mol. The summed E-state index contributed by atoms with van der Waals surface area (Å²) in [4.78, 5) is 18.8. The molecule has 0 bridgehead atoms. The van der Waals surface area contributed by atoms with E-state index in [1.165, 1.54) is 12.8 Å². The predicted molar refractivity (Wildman–Crippen MR) is 82.5 cm³/mol. The fourth-order valence-corrected chi connectivity index (χ4v) is 2.89. The van der Waals surface area contributed by atoms with Gasteiger partial charge in [-0.3, -0.25) is 4.79 Å². The molecule has 21 heavy (non-hydrogen) atoms. The number of piperidine rings is 1. The number of carbonyl (C=O) groups is 1. The van der Waals surface area contributed by atoms with E-state index in [0.717, 1.165) is 43.4 Å². The van der Waals surface area contributed by atoms with E-state index in [4.69, 9.17) is 4.74 Å². The summed E-state index contributed by atoms with van der Waals surface area (Å²) in [7, 11) is 0. The molecule has 1 atom stereocenters. The molecule has 1 N–H and O–H groups in total. The van der Waals surface area contributed by atoms with Gasteiger partial charge in [-0.25, -0.2) is 4.98 Å². The van der Waals surface area contributed by atoms with Crippen molar-refractivity contribution in [2.75, 3.05) is 29.9 Å². The van der Waals surface area contributed by atoms with Crippen LogP contribution in [0, 0.1) is 5.92 Å². The van der Waals surface area contributed by atoms with Gasteiger partial charge in [0, 0.05) is 19.7 Å². The van der Waals surface area contributed by atoms with Crippen LogP contribution in [0.1, 0.15) is 32.6 Å². The summed E-state index contributed by atoms with van der Waals surface area (Å²) in [5.41, 5.74) is 0.740. The second kappa shape index (κ2) is 6.43. The molecule has 0 radical (unpaired) electrons. The normalized spacial score (nSPS) is 23.3. The maximum absolute atomic E-state index is 12.0. The van der Waals surface area contributed by atoms with E-state index in [0.29, 0.717) is 6.61 Å². The van der Waals surface area contributed by atoms with Gasteiger partial charge in [0.2, 0.25) is 0 Å². The van der Waals surface area contributed by atoms with Crippen molar-refractivity contribution in [1.29, 1.82) is 0 Å².